The molecule has 4 aliphatic rings. The van der Waals surface area contributed by atoms with Crippen LogP contribution in [0.15, 0.2) is 72.2 Å². The van der Waals surface area contributed by atoms with Gasteiger partial charge in [0.15, 0.2) is 11.5 Å². The third-order valence-corrected chi connectivity index (χ3v) is 11.2. The van der Waals surface area contributed by atoms with Crippen molar-refractivity contribution in [3.63, 3.8) is 0 Å². The molecule has 0 saturated heterocycles. The van der Waals surface area contributed by atoms with Crippen LogP contribution >= 0.6 is 0 Å². The van der Waals surface area contributed by atoms with Crippen LogP contribution in [0.5, 0.6) is 11.5 Å². The predicted octanol–water partition coefficient (Wildman–Crippen LogP) is 4.39. The van der Waals surface area contributed by atoms with Crippen LogP contribution in [0.25, 0.3) is 0 Å². The van der Waals surface area contributed by atoms with Crippen LogP contribution in [-0.2, 0) is 6.42 Å². The van der Waals surface area contributed by atoms with Crippen LogP contribution in [0.1, 0.15) is 75.5 Å². The highest BCUT2D eigenvalue weighted by molar-refractivity contribution is 5.45. The van der Waals surface area contributed by atoms with Crippen molar-refractivity contribution in [3.8, 4) is 23.3 Å². The number of rotatable bonds is 8. The van der Waals surface area contributed by atoms with Gasteiger partial charge in [-0.25, -0.2) is 0 Å². The van der Waals surface area contributed by atoms with Gasteiger partial charge in [-0.2, -0.15) is 0 Å². The van der Waals surface area contributed by atoms with E-state index in [-0.39, 0.29) is 41.1 Å². The first kappa shape index (κ1) is 35.2. The van der Waals surface area contributed by atoms with E-state index >= 15 is 0 Å². The molecule has 1 fully saturated rings. The lowest BCUT2D eigenvalue weighted by Crippen LogP contribution is -2.52. The van der Waals surface area contributed by atoms with Gasteiger partial charge in [-0.05, 0) is 92.3 Å². The molecule has 0 spiro atoms. The van der Waals surface area contributed by atoms with E-state index in [9.17, 15) is 25.5 Å². The molecule has 11 atom stereocenters. The van der Waals surface area contributed by atoms with Gasteiger partial charge in [-0.15, -0.1) is 0 Å². The van der Waals surface area contributed by atoms with Gasteiger partial charge in [0.25, 0.3) is 0 Å². The number of ether oxygens (including phenoxy) is 1. The molecule has 0 amide bonds. The third kappa shape index (κ3) is 8.21. The number of nitrogens with one attached hydrogen (secondary N) is 2. The summed E-state index contributed by atoms with van der Waals surface area (Å²) < 4.78 is 6.57. The highest BCUT2D eigenvalue weighted by atomic mass is 16.5. The SMILES string of the molecule is CC[C@@H]1C#C[C@@H]2C=C[C@H](c3ccc(O)c(O[C@H]4[C@H](O)[C@@H](O)CC[C@@H]4[C@H](Cc4ccc[nH]4)C4=CCNC(N)=C4)c3)C[C@@H](O)[C@H]2[C@@H](O)CCCC1. The number of aromatic amines is 1. The van der Waals surface area contributed by atoms with Gasteiger partial charge < -0.3 is 46.3 Å². The van der Waals surface area contributed by atoms with Crippen molar-refractivity contribution in [2.45, 2.75) is 101 Å². The van der Waals surface area contributed by atoms with Crippen LogP contribution in [0.2, 0.25) is 0 Å². The Morgan fingerprint density at radius 3 is 2.59 bits per heavy atom. The third-order valence-electron chi connectivity index (χ3n) is 11.2. The first-order valence-electron chi connectivity index (χ1n) is 18.2. The van der Waals surface area contributed by atoms with Crippen LogP contribution in [-0.4, -0.2) is 67.6 Å². The van der Waals surface area contributed by atoms with Crippen molar-refractivity contribution in [3.05, 3.63) is 83.5 Å². The first-order valence-corrected chi connectivity index (χ1v) is 18.2. The number of hydrogen-bond acceptors (Lipinski definition) is 8. The number of aromatic hydroxyl groups is 1. The van der Waals surface area contributed by atoms with Gasteiger partial charge in [-0.3, -0.25) is 0 Å². The van der Waals surface area contributed by atoms with Crippen molar-refractivity contribution >= 4 is 0 Å². The van der Waals surface area contributed by atoms with Gasteiger partial charge >= 0.3 is 0 Å². The molecule has 9 nitrogen and oxygen atoms in total. The number of phenolic OH excluding ortho intramolecular Hbond substituents is 1. The summed E-state index contributed by atoms with van der Waals surface area (Å²) in [6.45, 7) is 2.75. The summed E-state index contributed by atoms with van der Waals surface area (Å²) in [5, 5.41) is 59.2. The maximum absolute atomic E-state index is 11.5. The van der Waals surface area contributed by atoms with Crippen molar-refractivity contribution in [2.24, 2.45) is 35.3 Å². The molecular formula is C40H53N3O6. The quantitative estimate of drug-likeness (QED) is 0.151. The number of dihydropyridines is 1. The summed E-state index contributed by atoms with van der Waals surface area (Å²) in [6.07, 6.45) is 12.3. The van der Waals surface area contributed by atoms with Crippen molar-refractivity contribution in [2.75, 3.05) is 6.54 Å². The zero-order valence-corrected chi connectivity index (χ0v) is 28.4. The molecule has 2 heterocycles. The first-order chi connectivity index (χ1) is 23.7. The monoisotopic (exact) mass is 671 g/mol. The predicted molar refractivity (Wildman–Crippen MR) is 189 cm³/mol. The standard InChI is InChI=1S/C40H53N3O6/c1-2-24-6-3-4-8-33(45)38-25(10-9-24)11-12-26(20-35(38)47)27-13-15-32(44)36(21-27)49-40-30(14-16-34(46)39(40)48)31(23-29-7-5-18-42-29)28-17-19-43-37(41)22-28/h5,7,11-13,15,17-18,21-22,24-26,30-31,33-35,38-40,42-48H,2-4,6,8,14,16,19-20,23,41H2,1H3/t24-,25+,26-,30+,31+,33-,34-,35+,38+,39+,40+/m0/s1. The van der Waals surface area contributed by atoms with E-state index < -0.39 is 30.5 Å². The fourth-order valence-corrected chi connectivity index (χ4v) is 8.38. The molecule has 3 aliphatic carbocycles. The normalized spacial score (nSPS) is 34.1. The number of aliphatic hydroxyl groups excluding tert-OH is 4. The molecule has 1 aromatic heterocycles. The molecule has 6 rings (SSSR count). The Morgan fingerprint density at radius 1 is 0.980 bits per heavy atom. The van der Waals surface area contributed by atoms with Gasteiger partial charge in [0.2, 0.25) is 0 Å². The number of hydrogen-bond donors (Lipinski definition) is 8. The second-order valence-electron chi connectivity index (χ2n) is 14.4. The fourth-order valence-electron chi connectivity index (χ4n) is 8.38. The largest absolute Gasteiger partial charge is 0.504 e. The smallest absolute Gasteiger partial charge is 0.161 e. The minimum atomic E-state index is -1.17. The maximum Gasteiger partial charge on any atom is 0.161 e. The van der Waals surface area contributed by atoms with Gasteiger partial charge in [0.1, 0.15) is 12.2 Å². The molecule has 49 heavy (non-hydrogen) atoms. The van der Waals surface area contributed by atoms with Crippen LogP contribution in [0, 0.1) is 41.4 Å². The highest BCUT2D eigenvalue weighted by Gasteiger charge is 2.44. The number of aliphatic hydroxyl groups is 4. The lowest BCUT2D eigenvalue weighted by atomic mass is 9.70. The zero-order chi connectivity index (χ0) is 34.5. The number of allylic oxidation sites excluding steroid dienone is 4. The molecule has 0 radical (unpaired) electrons. The van der Waals surface area contributed by atoms with E-state index in [4.69, 9.17) is 10.5 Å². The van der Waals surface area contributed by atoms with Crippen LogP contribution < -0.4 is 15.8 Å². The number of benzene rings is 1. The van der Waals surface area contributed by atoms with Gasteiger partial charge in [0.05, 0.1) is 24.1 Å². The molecule has 9 N–H and O–H groups in total. The van der Waals surface area contributed by atoms with E-state index in [1.165, 1.54) is 0 Å². The Labute approximate surface area is 290 Å². The second-order valence-corrected chi connectivity index (χ2v) is 14.4. The summed E-state index contributed by atoms with van der Waals surface area (Å²) in [5.74, 6) is 6.75. The summed E-state index contributed by atoms with van der Waals surface area (Å²) in [5.41, 5.74) is 9.11. The molecule has 1 aliphatic heterocycles. The average molecular weight is 672 g/mol. The van der Waals surface area contributed by atoms with Crippen LogP contribution in [0.4, 0.5) is 0 Å². The molecule has 9 heteroatoms. The maximum atomic E-state index is 11.5. The minimum Gasteiger partial charge on any atom is -0.504 e. The molecule has 1 saturated carbocycles. The topological polar surface area (TPSA) is 164 Å². The lowest BCUT2D eigenvalue weighted by molar-refractivity contribution is -0.108. The zero-order valence-electron chi connectivity index (χ0n) is 28.4. The van der Waals surface area contributed by atoms with Crippen molar-refractivity contribution in [1.29, 1.82) is 0 Å². The summed E-state index contributed by atoms with van der Waals surface area (Å²) in [7, 11) is 0. The Kier molecular flexibility index (Phi) is 11.4. The van der Waals surface area contributed by atoms with Crippen LogP contribution in [0.3, 0.4) is 0 Å². The second kappa shape index (κ2) is 15.9. The number of nitrogens with two attached hydrogens (primary N) is 1. The van der Waals surface area contributed by atoms with E-state index in [1.54, 1.807) is 12.1 Å². The Hall–Kier alpha value is -3.68. The summed E-state index contributed by atoms with van der Waals surface area (Å²) >= 11 is 0. The fraction of sp³-hybridized carbons (Fsp3) is 0.550. The molecule has 264 valence electrons. The van der Waals surface area contributed by atoms with E-state index in [1.807, 2.05) is 36.5 Å². The molecule has 2 aromatic rings. The molecule has 0 bridgehead atoms. The molecule has 1 aromatic carbocycles. The van der Waals surface area contributed by atoms with Crippen molar-refractivity contribution in [1.82, 2.24) is 10.3 Å². The van der Waals surface area contributed by atoms with Gasteiger partial charge in [0, 0.05) is 48.0 Å². The average Bonchev–Trinajstić information content (AvgIpc) is 3.55. The van der Waals surface area contributed by atoms with E-state index in [0.29, 0.717) is 50.4 Å². The number of fused-ring (bicyclic) bond motifs is 1. The Balaban J connectivity index is 1.29. The molecule has 0 unspecified atom stereocenters. The number of H-pyrrole nitrogens is 1. The Bertz CT molecular complexity index is 1560. The minimum absolute atomic E-state index is 0.0694. The van der Waals surface area contributed by atoms with Crippen molar-refractivity contribution < 1.29 is 30.3 Å². The summed E-state index contributed by atoms with van der Waals surface area (Å²) in [6, 6.07) is 9.18. The number of phenols is 1. The molecular weight excluding hydrogens is 618 g/mol. The van der Waals surface area contributed by atoms with Gasteiger partial charge in [-0.1, -0.05) is 55.9 Å². The van der Waals surface area contributed by atoms with E-state index in [2.05, 4.69) is 41.2 Å². The summed E-state index contributed by atoms with van der Waals surface area (Å²) in [4.78, 5) is 3.30. The highest BCUT2D eigenvalue weighted by Crippen LogP contribution is 2.43. The lowest BCUT2D eigenvalue weighted by Gasteiger charge is -2.42. The number of aromatic nitrogens is 1. The Morgan fingerprint density at radius 2 is 1.82 bits per heavy atom. The van der Waals surface area contributed by atoms with E-state index in [0.717, 1.165) is 42.5 Å².